The second-order valence-electron chi connectivity index (χ2n) is 4.03. The summed E-state index contributed by atoms with van der Waals surface area (Å²) >= 11 is 0. The number of sulfone groups is 1. The normalized spacial score (nSPS) is 15.0. The number of rotatable bonds is 7. The summed E-state index contributed by atoms with van der Waals surface area (Å²) in [6.45, 7) is 2.89. The van der Waals surface area contributed by atoms with Gasteiger partial charge in [0.2, 0.25) is 0 Å². The fourth-order valence-corrected chi connectivity index (χ4v) is 2.84. The first kappa shape index (κ1) is 15.9. The average Bonchev–Trinajstić information content (AvgIpc) is 2.24. The quantitative estimate of drug-likeness (QED) is 0.531. The Morgan fingerprint density at radius 3 is 2.18 bits per heavy atom. The van der Waals surface area contributed by atoms with Crippen LogP contribution in [0.25, 0.3) is 0 Å². The second-order valence-corrected chi connectivity index (χ2v) is 6.33. The van der Waals surface area contributed by atoms with Gasteiger partial charge >= 0.3 is 11.9 Å². The van der Waals surface area contributed by atoms with Crippen LogP contribution in [-0.4, -0.2) is 44.1 Å². The highest BCUT2D eigenvalue weighted by Gasteiger charge is 2.43. The maximum atomic E-state index is 11.5. The summed E-state index contributed by atoms with van der Waals surface area (Å²) < 4.78 is 27.3. The second kappa shape index (κ2) is 6.00. The maximum absolute atomic E-state index is 11.5. The van der Waals surface area contributed by atoms with E-state index in [9.17, 15) is 18.0 Å². The number of carboxylic acid groups (broad SMARTS) is 1. The lowest BCUT2D eigenvalue weighted by Gasteiger charge is -2.21. The zero-order valence-corrected chi connectivity index (χ0v) is 11.0. The monoisotopic (exact) mass is 266 g/mol. The van der Waals surface area contributed by atoms with E-state index >= 15 is 0 Å². The minimum absolute atomic E-state index is 0.0100. The molecule has 7 heteroatoms. The molecule has 0 aliphatic heterocycles. The van der Waals surface area contributed by atoms with Gasteiger partial charge in [0, 0.05) is 5.75 Å². The third kappa shape index (κ3) is 4.33. The smallest absolute Gasteiger partial charge is 0.322 e. The van der Waals surface area contributed by atoms with Gasteiger partial charge in [-0.15, -0.1) is 0 Å². The van der Waals surface area contributed by atoms with Gasteiger partial charge in [-0.3, -0.25) is 9.59 Å². The molecule has 0 bridgehead atoms. The van der Waals surface area contributed by atoms with Crippen LogP contribution in [0.15, 0.2) is 0 Å². The van der Waals surface area contributed by atoms with Crippen LogP contribution >= 0.6 is 0 Å². The van der Waals surface area contributed by atoms with Crippen molar-refractivity contribution >= 4 is 21.8 Å². The number of methoxy groups -OCH3 is 1. The third-order valence-corrected chi connectivity index (χ3v) is 4.39. The molecule has 0 aromatic heterocycles. The Bertz CT molecular complexity index is 386. The first-order valence-corrected chi connectivity index (χ1v) is 7.04. The Morgan fingerprint density at radius 2 is 1.82 bits per heavy atom. The largest absolute Gasteiger partial charge is 0.480 e. The third-order valence-electron chi connectivity index (χ3n) is 2.54. The van der Waals surface area contributed by atoms with E-state index in [1.807, 2.05) is 0 Å². The minimum Gasteiger partial charge on any atom is -0.480 e. The van der Waals surface area contributed by atoms with Crippen molar-refractivity contribution in [2.24, 2.45) is 5.41 Å². The van der Waals surface area contributed by atoms with Gasteiger partial charge in [0.15, 0.2) is 5.41 Å². The molecule has 17 heavy (non-hydrogen) atoms. The summed E-state index contributed by atoms with van der Waals surface area (Å²) in [6, 6.07) is 0. The van der Waals surface area contributed by atoms with E-state index in [-0.39, 0.29) is 17.9 Å². The molecule has 0 saturated heterocycles. The Balaban J connectivity index is 4.82. The van der Waals surface area contributed by atoms with Crippen molar-refractivity contribution in [3.63, 3.8) is 0 Å². The summed E-state index contributed by atoms with van der Waals surface area (Å²) in [4.78, 5) is 22.4. The lowest BCUT2D eigenvalue weighted by molar-refractivity contribution is -0.165. The molecule has 0 saturated carbocycles. The Morgan fingerprint density at radius 1 is 1.29 bits per heavy atom. The van der Waals surface area contributed by atoms with Crippen LogP contribution in [0, 0.1) is 5.41 Å². The van der Waals surface area contributed by atoms with E-state index < -0.39 is 27.2 Å². The van der Waals surface area contributed by atoms with Crippen LogP contribution in [0.4, 0.5) is 0 Å². The molecule has 0 rings (SSSR count). The summed E-state index contributed by atoms with van der Waals surface area (Å²) in [5, 5.41) is 8.97. The Labute approximate surface area is 101 Å². The molecule has 1 unspecified atom stereocenters. The van der Waals surface area contributed by atoms with Crippen molar-refractivity contribution in [2.45, 2.75) is 26.7 Å². The molecule has 0 spiro atoms. The molecular formula is C10H18O6S. The van der Waals surface area contributed by atoms with Crippen LogP contribution in [0.5, 0.6) is 0 Å². The van der Waals surface area contributed by atoms with Crippen molar-refractivity contribution < 1.29 is 27.9 Å². The van der Waals surface area contributed by atoms with Gasteiger partial charge in [0.25, 0.3) is 0 Å². The number of carboxylic acids is 1. The van der Waals surface area contributed by atoms with Gasteiger partial charge in [0.1, 0.15) is 9.84 Å². The summed E-state index contributed by atoms with van der Waals surface area (Å²) in [5.41, 5.74) is -1.81. The average molecular weight is 266 g/mol. The summed E-state index contributed by atoms with van der Waals surface area (Å²) in [6.07, 6.45) is 0.182. The molecule has 0 aromatic carbocycles. The van der Waals surface area contributed by atoms with Crippen molar-refractivity contribution in [3.05, 3.63) is 0 Å². The highest BCUT2D eigenvalue weighted by Crippen LogP contribution is 2.24. The first-order chi connectivity index (χ1) is 7.69. The fourth-order valence-electron chi connectivity index (χ4n) is 1.29. The molecule has 100 valence electrons. The van der Waals surface area contributed by atoms with Crippen LogP contribution in [0.2, 0.25) is 0 Å². The number of aliphatic carboxylic acids is 1. The number of ether oxygens (including phenoxy) is 1. The highest BCUT2D eigenvalue weighted by molar-refractivity contribution is 7.91. The zero-order chi connectivity index (χ0) is 13.7. The minimum atomic E-state index is -3.31. The molecule has 1 N–H and O–H groups in total. The lowest BCUT2D eigenvalue weighted by atomic mass is 9.88. The lowest BCUT2D eigenvalue weighted by Crippen LogP contribution is -2.39. The van der Waals surface area contributed by atoms with E-state index in [1.165, 1.54) is 6.92 Å². The van der Waals surface area contributed by atoms with Gasteiger partial charge in [-0.05, 0) is 19.8 Å². The molecule has 0 aliphatic carbocycles. The molecule has 0 aromatic rings. The summed E-state index contributed by atoms with van der Waals surface area (Å²) in [7, 11) is -2.24. The Hall–Kier alpha value is -1.11. The summed E-state index contributed by atoms with van der Waals surface area (Å²) in [5.74, 6) is -2.66. The molecule has 0 fully saturated rings. The number of hydrogen-bond acceptors (Lipinski definition) is 5. The SMILES string of the molecule is CCCS(=O)(=O)CCC(C)(C(=O)O)C(=O)OC. The molecule has 0 amide bonds. The van der Waals surface area contributed by atoms with E-state index in [1.54, 1.807) is 6.92 Å². The fraction of sp³-hybridized carbons (Fsp3) is 0.800. The highest BCUT2D eigenvalue weighted by atomic mass is 32.2. The van der Waals surface area contributed by atoms with Crippen LogP contribution in [0.3, 0.4) is 0 Å². The molecule has 0 radical (unpaired) electrons. The van der Waals surface area contributed by atoms with Gasteiger partial charge in [-0.25, -0.2) is 8.42 Å². The molecule has 6 nitrogen and oxygen atoms in total. The van der Waals surface area contributed by atoms with Crippen molar-refractivity contribution in [1.82, 2.24) is 0 Å². The van der Waals surface area contributed by atoms with Crippen LogP contribution in [0.1, 0.15) is 26.7 Å². The predicted molar refractivity (Wildman–Crippen MR) is 61.3 cm³/mol. The maximum Gasteiger partial charge on any atom is 0.322 e. The first-order valence-electron chi connectivity index (χ1n) is 5.22. The van der Waals surface area contributed by atoms with E-state index in [2.05, 4.69) is 4.74 Å². The molecular weight excluding hydrogens is 248 g/mol. The Kier molecular flexibility index (Phi) is 5.60. The number of esters is 1. The number of carbonyl (C=O) groups is 2. The van der Waals surface area contributed by atoms with Gasteiger partial charge in [0.05, 0.1) is 12.9 Å². The van der Waals surface area contributed by atoms with Gasteiger partial charge < -0.3 is 9.84 Å². The topological polar surface area (TPSA) is 97.7 Å². The molecule has 0 heterocycles. The predicted octanol–water partition coefficient (Wildman–Crippen LogP) is 0.465. The van der Waals surface area contributed by atoms with E-state index in [0.29, 0.717) is 6.42 Å². The van der Waals surface area contributed by atoms with Gasteiger partial charge in [-0.1, -0.05) is 6.92 Å². The van der Waals surface area contributed by atoms with Crippen molar-refractivity contribution in [3.8, 4) is 0 Å². The molecule has 1 atom stereocenters. The van der Waals surface area contributed by atoms with Gasteiger partial charge in [-0.2, -0.15) is 0 Å². The number of hydrogen-bond donors (Lipinski definition) is 1. The van der Waals surface area contributed by atoms with E-state index in [4.69, 9.17) is 5.11 Å². The van der Waals surface area contributed by atoms with Crippen LogP contribution < -0.4 is 0 Å². The number of carbonyl (C=O) groups excluding carboxylic acids is 1. The van der Waals surface area contributed by atoms with Crippen molar-refractivity contribution in [2.75, 3.05) is 18.6 Å². The zero-order valence-electron chi connectivity index (χ0n) is 10.2. The van der Waals surface area contributed by atoms with Crippen molar-refractivity contribution in [1.29, 1.82) is 0 Å². The molecule has 0 aliphatic rings. The van der Waals surface area contributed by atoms with E-state index in [0.717, 1.165) is 7.11 Å². The standard InChI is InChI=1S/C10H18O6S/c1-4-6-17(14,15)7-5-10(2,8(11)12)9(13)16-3/h4-7H2,1-3H3,(H,11,12). The van der Waals surface area contributed by atoms with Crippen LogP contribution in [-0.2, 0) is 24.2 Å².